The Bertz CT molecular complexity index is 787. The predicted molar refractivity (Wildman–Crippen MR) is 96.6 cm³/mol. The van der Waals surface area contributed by atoms with Crippen LogP contribution in [0.1, 0.15) is 42.2 Å². The van der Waals surface area contributed by atoms with E-state index in [0.717, 1.165) is 30.2 Å². The van der Waals surface area contributed by atoms with Crippen LogP contribution in [-0.4, -0.2) is 52.8 Å². The summed E-state index contributed by atoms with van der Waals surface area (Å²) in [4.78, 5) is 18.0. The van der Waals surface area contributed by atoms with Crippen LogP contribution >= 0.6 is 0 Å². The number of carbonyl (C=O) groups excluding carboxylic acids is 1. The first-order chi connectivity index (χ1) is 12.0. The summed E-state index contributed by atoms with van der Waals surface area (Å²) in [6.07, 6.45) is 2.19. The van der Waals surface area contributed by atoms with Gasteiger partial charge in [0, 0.05) is 42.4 Å². The van der Waals surface area contributed by atoms with Crippen LogP contribution in [0.4, 0.5) is 0 Å². The average Bonchev–Trinajstić information content (AvgIpc) is 3.04. The summed E-state index contributed by atoms with van der Waals surface area (Å²) in [5.41, 5.74) is 2.67. The van der Waals surface area contributed by atoms with E-state index in [1.807, 2.05) is 30.9 Å². The van der Waals surface area contributed by atoms with E-state index in [1.165, 1.54) is 5.56 Å². The first-order valence-electron chi connectivity index (χ1n) is 9.22. The molecule has 4 rings (SSSR count). The fourth-order valence-corrected chi connectivity index (χ4v) is 4.47. The third kappa shape index (κ3) is 2.66. The molecule has 1 spiro atoms. The largest absolute Gasteiger partial charge is 0.392 e. The Morgan fingerprint density at radius 3 is 2.80 bits per heavy atom. The lowest BCUT2D eigenvalue weighted by Crippen LogP contribution is -2.62. The molecule has 1 amide bonds. The van der Waals surface area contributed by atoms with Gasteiger partial charge in [0.05, 0.1) is 12.2 Å². The third-order valence-electron chi connectivity index (χ3n) is 6.10. The Kier molecular flexibility index (Phi) is 4.08. The standard InChI is InChI=1S/C20H26N2O3/c1-3-25-18-12-17(23)20(18)6-8-22(9-7-20)19(24)16-11-14-5-4-13(2)10-15(14)21-16/h4-5,10-11,17-18,21,23H,3,6-9,12H2,1-2H3. The van der Waals surface area contributed by atoms with Crippen LogP contribution in [0.3, 0.4) is 0 Å². The molecule has 1 aromatic carbocycles. The van der Waals surface area contributed by atoms with Gasteiger partial charge in [-0.2, -0.15) is 0 Å². The molecule has 2 unspecified atom stereocenters. The first kappa shape index (κ1) is 16.6. The molecule has 1 saturated carbocycles. The van der Waals surface area contributed by atoms with E-state index in [0.29, 0.717) is 25.4 Å². The molecule has 2 aromatic rings. The maximum atomic E-state index is 12.9. The predicted octanol–water partition coefficient (Wildman–Crippen LogP) is 2.87. The maximum absolute atomic E-state index is 12.9. The Labute approximate surface area is 148 Å². The Hall–Kier alpha value is -1.85. The van der Waals surface area contributed by atoms with E-state index in [-0.39, 0.29) is 23.5 Å². The summed E-state index contributed by atoms with van der Waals surface area (Å²) < 4.78 is 5.80. The number of amides is 1. The number of nitrogens with one attached hydrogen (secondary N) is 1. The van der Waals surface area contributed by atoms with Gasteiger partial charge in [-0.25, -0.2) is 0 Å². The van der Waals surface area contributed by atoms with E-state index >= 15 is 0 Å². The molecule has 134 valence electrons. The van der Waals surface area contributed by atoms with Crippen LogP contribution in [0.25, 0.3) is 10.9 Å². The van der Waals surface area contributed by atoms with Crippen molar-refractivity contribution in [1.29, 1.82) is 0 Å². The third-order valence-corrected chi connectivity index (χ3v) is 6.10. The minimum Gasteiger partial charge on any atom is -0.392 e. The lowest BCUT2D eigenvalue weighted by molar-refractivity contribution is -0.207. The SMILES string of the molecule is CCOC1CC(O)C12CCN(C(=O)c1cc3ccc(C)cc3[nH]1)CC2. The number of aryl methyl sites for hydroxylation is 1. The smallest absolute Gasteiger partial charge is 0.270 e. The number of benzene rings is 1. The molecule has 2 N–H and O–H groups in total. The molecule has 1 aliphatic heterocycles. The van der Waals surface area contributed by atoms with Gasteiger partial charge in [0.15, 0.2) is 0 Å². The highest BCUT2D eigenvalue weighted by Crippen LogP contribution is 2.51. The summed E-state index contributed by atoms with van der Waals surface area (Å²) in [5, 5.41) is 11.4. The highest BCUT2D eigenvalue weighted by Gasteiger charge is 2.56. The number of piperidine rings is 1. The number of hydrogen-bond acceptors (Lipinski definition) is 3. The van der Waals surface area contributed by atoms with Crippen LogP contribution in [0, 0.1) is 12.3 Å². The number of aromatic amines is 1. The van der Waals surface area contributed by atoms with E-state index in [1.54, 1.807) is 0 Å². The number of aliphatic hydroxyl groups excluding tert-OH is 1. The molecule has 0 bridgehead atoms. The van der Waals surface area contributed by atoms with E-state index < -0.39 is 0 Å². The zero-order chi connectivity index (χ0) is 17.6. The van der Waals surface area contributed by atoms with E-state index in [4.69, 9.17) is 4.74 Å². The van der Waals surface area contributed by atoms with Crippen LogP contribution in [0.15, 0.2) is 24.3 Å². The second-order valence-electron chi connectivity index (χ2n) is 7.49. The molecule has 0 radical (unpaired) electrons. The topological polar surface area (TPSA) is 65.6 Å². The van der Waals surface area contributed by atoms with Gasteiger partial charge in [0.2, 0.25) is 0 Å². The summed E-state index contributed by atoms with van der Waals surface area (Å²) in [5.74, 6) is 0.0467. The van der Waals surface area contributed by atoms with Crippen LogP contribution < -0.4 is 0 Å². The zero-order valence-electron chi connectivity index (χ0n) is 14.9. The Morgan fingerprint density at radius 1 is 1.36 bits per heavy atom. The zero-order valence-corrected chi connectivity index (χ0v) is 14.9. The monoisotopic (exact) mass is 342 g/mol. The quantitative estimate of drug-likeness (QED) is 0.901. The van der Waals surface area contributed by atoms with Gasteiger partial charge in [-0.15, -0.1) is 0 Å². The number of carbonyl (C=O) groups is 1. The molecule has 2 fully saturated rings. The fourth-order valence-electron chi connectivity index (χ4n) is 4.47. The average molecular weight is 342 g/mol. The number of ether oxygens (including phenoxy) is 1. The second-order valence-corrected chi connectivity index (χ2v) is 7.49. The van der Waals surface area contributed by atoms with Crippen molar-refractivity contribution in [1.82, 2.24) is 9.88 Å². The van der Waals surface area contributed by atoms with Crippen LogP contribution in [-0.2, 0) is 4.74 Å². The van der Waals surface area contributed by atoms with Crippen molar-refractivity contribution in [2.24, 2.45) is 5.41 Å². The molecule has 5 heteroatoms. The van der Waals surface area contributed by atoms with Gasteiger partial charge in [0.1, 0.15) is 5.69 Å². The highest BCUT2D eigenvalue weighted by atomic mass is 16.5. The van der Waals surface area contributed by atoms with E-state index in [2.05, 4.69) is 17.1 Å². The van der Waals surface area contributed by atoms with Gasteiger partial charge >= 0.3 is 0 Å². The Balaban J connectivity index is 1.47. The van der Waals surface area contributed by atoms with Crippen molar-refractivity contribution in [3.63, 3.8) is 0 Å². The minimum absolute atomic E-state index is 0.0467. The molecule has 2 heterocycles. The van der Waals surface area contributed by atoms with Crippen molar-refractivity contribution < 1.29 is 14.6 Å². The van der Waals surface area contributed by atoms with Crippen molar-refractivity contribution in [3.05, 3.63) is 35.5 Å². The number of hydrogen-bond donors (Lipinski definition) is 2. The van der Waals surface area contributed by atoms with Crippen molar-refractivity contribution in [3.8, 4) is 0 Å². The van der Waals surface area contributed by atoms with Crippen LogP contribution in [0.2, 0.25) is 0 Å². The minimum atomic E-state index is -0.294. The summed E-state index contributed by atoms with van der Waals surface area (Å²) in [6, 6.07) is 8.10. The van der Waals surface area contributed by atoms with Gasteiger partial charge in [0.25, 0.3) is 5.91 Å². The first-order valence-corrected chi connectivity index (χ1v) is 9.22. The number of rotatable bonds is 3. The Morgan fingerprint density at radius 2 is 2.12 bits per heavy atom. The molecule has 5 nitrogen and oxygen atoms in total. The molecule has 25 heavy (non-hydrogen) atoms. The number of aliphatic hydroxyl groups is 1. The summed E-state index contributed by atoms with van der Waals surface area (Å²) >= 11 is 0. The second kappa shape index (κ2) is 6.15. The highest BCUT2D eigenvalue weighted by molar-refractivity contribution is 5.98. The summed E-state index contributed by atoms with van der Waals surface area (Å²) in [7, 11) is 0. The van der Waals surface area contributed by atoms with Gasteiger partial charge in [-0.05, 0) is 44.4 Å². The van der Waals surface area contributed by atoms with Crippen molar-refractivity contribution in [2.45, 2.75) is 45.3 Å². The number of likely N-dealkylation sites (tertiary alicyclic amines) is 1. The van der Waals surface area contributed by atoms with Crippen molar-refractivity contribution in [2.75, 3.05) is 19.7 Å². The lowest BCUT2D eigenvalue weighted by atomic mass is 9.58. The number of H-pyrrole nitrogens is 1. The summed E-state index contributed by atoms with van der Waals surface area (Å²) in [6.45, 7) is 6.07. The number of nitrogens with zero attached hydrogens (tertiary/aromatic N) is 1. The molecular formula is C20H26N2O3. The molecule has 2 atom stereocenters. The number of fused-ring (bicyclic) bond motifs is 1. The van der Waals surface area contributed by atoms with Crippen LogP contribution in [0.5, 0.6) is 0 Å². The van der Waals surface area contributed by atoms with Gasteiger partial charge in [-0.1, -0.05) is 12.1 Å². The molecule has 1 saturated heterocycles. The van der Waals surface area contributed by atoms with Gasteiger partial charge < -0.3 is 19.7 Å². The molecule has 2 aliphatic rings. The van der Waals surface area contributed by atoms with E-state index in [9.17, 15) is 9.90 Å². The normalized spacial score (nSPS) is 25.3. The van der Waals surface area contributed by atoms with Gasteiger partial charge in [-0.3, -0.25) is 4.79 Å². The maximum Gasteiger partial charge on any atom is 0.270 e. The lowest BCUT2D eigenvalue weighted by Gasteiger charge is -2.56. The van der Waals surface area contributed by atoms with Crippen molar-refractivity contribution >= 4 is 16.8 Å². The molecule has 1 aliphatic carbocycles. The number of aromatic nitrogens is 1. The fraction of sp³-hybridized carbons (Fsp3) is 0.550. The molecular weight excluding hydrogens is 316 g/mol. The molecule has 1 aromatic heterocycles.